The topological polar surface area (TPSA) is 55.3 Å². The highest BCUT2D eigenvalue weighted by Crippen LogP contribution is 2.17. The summed E-state index contributed by atoms with van der Waals surface area (Å²) in [5.74, 6) is 0.784. The molecule has 0 radical (unpaired) electrons. The lowest BCUT2D eigenvalue weighted by molar-refractivity contribution is -0.130. The largest absolute Gasteiger partial charge is 0.474 e. The highest BCUT2D eigenvalue weighted by Gasteiger charge is 2.22. The van der Waals surface area contributed by atoms with Crippen LogP contribution in [0.25, 0.3) is 0 Å². The smallest absolute Gasteiger partial charge is 0.219 e. The fraction of sp³-hybridized carbons (Fsp3) is 0.615. The zero-order valence-corrected chi connectivity index (χ0v) is 10.9. The molecule has 0 unspecified atom stereocenters. The molecule has 0 aromatic carbocycles. The summed E-state index contributed by atoms with van der Waals surface area (Å²) in [6, 6.07) is 1.89. The summed E-state index contributed by atoms with van der Waals surface area (Å²) in [7, 11) is 0. The molecule has 0 spiro atoms. The van der Waals surface area contributed by atoms with Gasteiger partial charge in [0.25, 0.3) is 0 Å². The van der Waals surface area contributed by atoms with Crippen LogP contribution in [0.2, 0.25) is 0 Å². The Morgan fingerprint density at radius 2 is 2.17 bits per heavy atom. The number of aromatic nitrogens is 2. The number of likely N-dealkylation sites (tertiary alicyclic amines) is 1. The zero-order valence-electron chi connectivity index (χ0n) is 10.9. The van der Waals surface area contributed by atoms with Crippen LogP contribution in [-0.2, 0) is 11.2 Å². The van der Waals surface area contributed by atoms with E-state index in [1.54, 1.807) is 13.3 Å². The molecular formula is C13H19N3O2. The van der Waals surface area contributed by atoms with Crippen LogP contribution in [0.5, 0.6) is 5.88 Å². The minimum Gasteiger partial charge on any atom is -0.474 e. The van der Waals surface area contributed by atoms with Gasteiger partial charge in [0.2, 0.25) is 11.8 Å². The van der Waals surface area contributed by atoms with E-state index in [1.807, 2.05) is 11.0 Å². The van der Waals surface area contributed by atoms with Crippen molar-refractivity contribution in [2.45, 2.75) is 39.2 Å². The van der Waals surface area contributed by atoms with Crippen LogP contribution in [0.4, 0.5) is 0 Å². The van der Waals surface area contributed by atoms with E-state index in [1.165, 1.54) is 0 Å². The van der Waals surface area contributed by atoms with Crippen LogP contribution >= 0.6 is 0 Å². The van der Waals surface area contributed by atoms with Gasteiger partial charge in [0, 0.05) is 44.6 Å². The fourth-order valence-electron chi connectivity index (χ4n) is 2.09. The summed E-state index contributed by atoms with van der Waals surface area (Å²) in [4.78, 5) is 21.3. The van der Waals surface area contributed by atoms with Gasteiger partial charge in [-0.05, 0) is 6.42 Å². The first kappa shape index (κ1) is 12.8. The first-order chi connectivity index (χ1) is 8.69. The van der Waals surface area contributed by atoms with Crippen molar-refractivity contribution in [2.75, 3.05) is 13.1 Å². The Morgan fingerprint density at radius 1 is 1.44 bits per heavy atom. The van der Waals surface area contributed by atoms with E-state index in [4.69, 9.17) is 4.74 Å². The Kier molecular flexibility index (Phi) is 4.12. The maximum Gasteiger partial charge on any atom is 0.219 e. The first-order valence-corrected chi connectivity index (χ1v) is 6.42. The van der Waals surface area contributed by atoms with Gasteiger partial charge in [-0.15, -0.1) is 0 Å². The summed E-state index contributed by atoms with van der Waals surface area (Å²) in [5.41, 5.74) is 0.987. The molecule has 0 saturated carbocycles. The van der Waals surface area contributed by atoms with E-state index >= 15 is 0 Å². The van der Waals surface area contributed by atoms with Crippen molar-refractivity contribution in [3.05, 3.63) is 18.1 Å². The van der Waals surface area contributed by atoms with Crippen LogP contribution in [-0.4, -0.2) is 40.0 Å². The van der Waals surface area contributed by atoms with Gasteiger partial charge in [-0.1, -0.05) is 6.92 Å². The SMILES string of the molecule is CCc1cc(OC2CCN(C(C)=O)CC2)ncn1. The second-order valence-electron chi connectivity index (χ2n) is 4.52. The van der Waals surface area contributed by atoms with Crippen LogP contribution < -0.4 is 4.74 Å². The van der Waals surface area contributed by atoms with Crippen LogP contribution in [0.15, 0.2) is 12.4 Å². The Hall–Kier alpha value is -1.65. The second kappa shape index (κ2) is 5.80. The fourth-order valence-corrected chi connectivity index (χ4v) is 2.09. The molecule has 1 aromatic rings. The average molecular weight is 249 g/mol. The van der Waals surface area contributed by atoms with E-state index in [2.05, 4.69) is 16.9 Å². The standard InChI is InChI=1S/C13H19N3O2/c1-3-11-8-13(15-9-14-11)18-12-4-6-16(7-5-12)10(2)17/h8-9,12H,3-7H2,1-2H3. The molecule has 2 heterocycles. The molecule has 18 heavy (non-hydrogen) atoms. The predicted octanol–water partition coefficient (Wildman–Crippen LogP) is 1.43. The molecular weight excluding hydrogens is 230 g/mol. The van der Waals surface area contributed by atoms with Crippen molar-refractivity contribution in [3.63, 3.8) is 0 Å². The van der Waals surface area contributed by atoms with Crippen LogP contribution in [0.1, 0.15) is 32.4 Å². The number of piperidine rings is 1. The predicted molar refractivity (Wildman–Crippen MR) is 67.3 cm³/mol. The maximum atomic E-state index is 11.2. The number of hydrogen-bond acceptors (Lipinski definition) is 4. The number of carbonyl (C=O) groups excluding carboxylic acids is 1. The summed E-state index contributed by atoms with van der Waals surface area (Å²) >= 11 is 0. The van der Waals surface area contributed by atoms with Gasteiger partial charge in [-0.3, -0.25) is 4.79 Å². The lowest BCUT2D eigenvalue weighted by Gasteiger charge is -2.31. The molecule has 0 atom stereocenters. The van der Waals surface area contributed by atoms with Gasteiger partial charge in [-0.25, -0.2) is 9.97 Å². The number of hydrogen-bond donors (Lipinski definition) is 0. The molecule has 0 aliphatic carbocycles. The molecule has 0 bridgehead atoms. The molecule has 5 heteroatoms. The Bertz CT molecular complexity index is 414. The van der Waals surface area contributed by atoms with Gasteiger partial charge in [0.05, 0.1) is 0 Å². The first-order valence-electron chi connectivity index (χ1n) is 6.42. The summed E-state index contributed by atoms with van der Waals surface area (Å²) in [6.07, 6.45) is 4.30. The van der Waals surface area contributed by atoms with Crippen LogP contribution in [0, 0.1) is 0 Å². The number of aryl methyl sites for hydroxylation is 1. The molecule has 0 N–H and O–H groups in total. The molecule has 5 nitrogen and oxygen atoms in total. The van der Waals surface area contributed by atoms with Crippen molar-refractivity contribution in [1.29, 1.82) is 0 Å². The third-order valence-electron chi connectivity index (χ3n) is 3.24. The number of nitrogens with zero attached hydrogens (tertiary/aromatic N) is 3. The second-order valence-corrected chi connectivity index (χ2v) is 4.52. The third kappa shape index (κ3) is 3.18. The van der Waals surface area contributed by atoms with Gasteiger partial charge < -0.3 is 9.64 Å². The Balaban J connectivity index is 1.89. The molecule has 98 valence electrons. The van der Waals surface area contributed by atoms with E-state index in [-0.39, 0.29) is 12.0 Å². The molecule has 1 aliphatic heterocycles. The molecule has 1 amide bonds. The van der Waals surface area contributed by atoms with Crippen LogP contribution in [0.3, 0.4) is 0 Å². The minimum atomic E-state index is 0.142. The Morgan fingerprint density at radius 3 is 2.78 bits per heavy atom. The van der Waals surface area contributed by atoms with Gasteiger partial charge >= 0.3 is 0 Å². The maximum absolute atomic E-state index is 11.2. The van der Waals surface area contributed by atoms with Gasteiger partial charge in [0.1, 0.15) is 12.4 Å². The quantitative estimate of drug-likeness (QED) is 0.813. The molecule has 1 saturated heterocycles. The lowest BCUT2D eigenvalue weighted by Crippen LogP contribution is -2.40. The number of carbonyl (C=O) groups is 1. The van der Waals surface area contributed by atoms with E-state index in [0.717, 1.165) is 38.0 Å². The summed E-state index contributed by atoms with van der Waals surface area (Å²) < 4.78 is 5.84. The number of rotatable bonds is 3. The van der Waals surface area contributed by atoms with Crippen molar-refractivity contribution in [3.8, 4) is 5.88 Å². The molecule has 2 rings (SSSR count). The number of ether oxygens (including phenoxy) is 1. The highest BCUT2D eigenvalue weighted by atomic mass is 16.5. The van der Waals surface area contributed by atoms with Crippen molar-refractivity contribution in [1.82, 2.24) is 14.9 Å². The van der Waals surface area contributed by atoms with E-state index in [0.29, 0.717) is 5.88 Å². The minimum absolute atomic E-state index is 0.142. The van der Waals surface area contributed by atoms with Crippen molar-refractivity contribution >= 4 is 5.91 Å². The summed E-state index contributed by atoms with van der Waals surface area (Å²) in [6.45, 7) is 5.20. The number of amides is 1. The average Bonchev–Trinajstić information content (AvgIpc) is 2.39. The van der Waals surface area contributed by atoms with E-state index in [9.17, 15) is 4.79 Å². The molecule has 1 fully saturated rings. The Labute approximate surface area is 107 Å². The highest BCUT2D eigenvalue weighted by molar-refractivity contribution is 5.73. The van der Waals surface area contributed by atoms with E-state index < -0.39 is 0 Å². The monoisotopic (exact) mass is 249 g/mol. The van der Waals surface area contributed by atoms with Crippen molar-refractivity contribution in [2.24, 2.45) is 0 Å². The summed E-state index contributed by atoms with van der Waals surface area (Å²) in [5, 5.41) is 0. The zero-order chi connectivity index (χ0) is 13.0. The lowest BCUT2D eigenvalue weighted by atomic mass is 10.1. The molecule has 1 aromatic heterocycles. The van der Waals surface area contributed by atoms with Gasteiger partial charge in [-0.2, -0.15) is 0 Å². The molecule has 1 aliphatic rings. The van der Waals surface area contributed by atoms with Gasteiger partial charge in [0.15, 0.2) is 0 Å². The van der Waals surface area contributed by atoms with Crippen molar-refractivity contribution < 1.29 is 9.53 Å². The normalized spacial score (nSPS) is 16.7. The third-order valence-corrected chi connectivity index (χ3v) is 3.24.